The Morgan fingerprint density at radius 3 is 2.21 bits per heavy atom. The van der Waals surface area contributed by atoms with Gasteiger partial charge in [-0.05, 0) is 43.5 Å². The van der Waals surface area contributed by atoms with Crippen molar-refractivity contribution < 1.29 is 9.84 Å². The van der Waals surface area contributed by atoms with E-state index < -0.39 is 0 Å². The third-order valence-corrected chi connectivity index (χ3v) is 4.70. The molecule has 0 saturated carbocycles. The van der Waals surface area contributed by atoms with Gasteiger partial charge in [-0.3, -0.25) is 18.5 Å². The molecule has 0 spiro atoms. The Hall–Kier alpha value is -2.87. The lowest BCUT2D eigenvalue weighted by Crippen LogP contribution is -2.40. The Labute approximate surface area is 169 Å². The van der Waals surface area contributed by atoms with E-state index in [0.29, 0.717) is 43.1 Å². The van der Waals surface area contributed by atoms with Gasteiger partial charge in [0.25, 0.3) is 5.56 Å². The zero-order chi connectivity index (χ0) is 21.0. The van der Waals surface area contributed by atoms with Crippen LogP contribution in [0, 0.1) is 0 Å². The van der Waals surface area contributed by atoms with Crippen LogP contribution in [0.4, 0.5) is 0 Å². The molecule has 156 valence electrons. The summed E-state index contributed by atoms with van der Waals surface area (Å²) in [5.74, 6) is 0.679. The Kier molecular flexibility index (Phi) is 6.53. The number of imidazole rings is 1. The molecule has 0 unspecified atom stereocenters. The molecule has 0 fully saturated rings. The van der Waals surface area contributed by atoms with Gasteiger partial charge in [-0.2, -0.15) is 0 Å². The number of fused-ring (bicyclic) bond motifs is 1. The van der Waals surface area contributed by atoms with Crippen LogP contribution < -0.4 is 11.2 Å². The van der Waals surface area contributed by atoms with Crippen molar-refractivity contribution >= 4 is 11.2 Å². The van der Waals surface area contributed by atoms with E-state index in [1.165, 1.54) is 4.57 Å². The molecule has 1 N–H and O–H groups in total. The summed E-state index contributed by atoms with van der Waals surface area (Å²) in [5.41, 5.74) is 0.790. The number of aromatic hydroxyl groups is 1. The largest absolute Gasteiger partial charge is 0.508 e. The van der Waals surface area contributed by atoms with Gasteiger partial charge >= 0.3 is 5.69 Å². The second kappa shape index (κ2) is 9.09. The highest BCUT2D eigenvalue weighted by Gasteiger charge is 2.22. The quantitative estimate of drug-likeness (QED) is 0.558. The van der Waals surface area contributed by atoms with Gasteiger partial charge in [0, 0.05) is 25.3 Å². The van der Waals surface area contributed by atoms with Crippen molar-refractivity contribution in [2.24, 2.45) is 0 Å². The molecule has 8 nitrogen and oxygen atoms in total. The second-order valence-electron chi connectivity index (χ2n) is 7.01. The minimum Gasteiger partial charge on any atom is -0.508 e. The molecule has 2 aromatic heterocycles. The SMILES string of the molecule is CCCOCn1c(-c2ccc(O)cc2)nc2c1c(=O)n(CCC)c(=O)n2CCC. The maximum atomic E-state index is 13.2. The Morgan fingerprint density at radius 1 is 0.931 bits per heavy atom. The van der Waals surface area contributed by atoms with Gasteiger partial charge in [0.15, 0.2) is 11.2 Å². The number of hydrogen-bond acceptors (Lipinski definition) is 5. The third kappa shape index (κ3) is 3.98. The summed E-state index contributed by atoms with van der Waals surface area (Å²) in [5, 5.41) is 9.63. The number of benzene rings is 1. The van der Waals surface area contributed by atoms with Gasteiger partial charge in [-0.25, -0.2) is 9.78 Å². The molecule has 8 heteroatoms. The maximum Gasteiger partial charge on any atom is 0.332 e. The number of rotatable bonds is 9. The molecule has 0 atom stereocenters. The molecule has 0 bridgehead atoms. The van der Waals surface area contributed by atoms with Gasteiger partial charge in [0.2, 0.25) is 0 Å². The average Bonchev–Trinajstić information content (AvgIpc) is 3.09. The van der Waals surface area contributed by atoms with Crippen LogP contribution in [0.25, 0.3) is 22.6 Å². The maximum absolute atomic E-state index is 13.2. The molecule has 0 aliphatic rings. The molecule has 0 aliphatic carbocycles. The minimum atomic E-state index is -0.350. The zero-order valence-electron chi connectivity index (χ0n) is 17.2. The molecule has 0 amide bonds. The fraction of sp³-hybridized carbons (Fsp3) is 0.476. The molecule has 0 aliphatic heterocycles. The summed E-state index contributed by atoms with van der Waals surface area (Å²) in [6, 6.07) is 6.61. The molecule has 3 aromatic rings. The van der Waals surface area contributed by atoms with Crippen LogP contribution in [0.3, 0.4) is 0 Å². The van der Waals surface area contributed by atoms with Crippen molar-refractivity contribution in [3.05, 3.63) is 45.1 Å². The van der Waals surface area contributed by atoms with Crippen molar-refractivity contribution in [3.8, 4) is 17.1 Å². The molecule has 3 rings (SSSR count). The lowest BCUT2D eigenvalue weighted by atomic mass is 10.2. The summed E-state index contributed by atoms with van der Waals surface area (Å²) < 4.78 is 10.3. The van der Waals surface area contributed by atoms with E-state index in [1.807, 2.05) is 20.8 Å². The number of phenolic OH excluding ortho intramolecular Hbond substituents is 1. The predicted octanol–water partition coefficient (Wildman–Crippen LogP) is 2.94. The van der Waals surface area contributed by atoms with E-state index in [1.54, 1.807) is 33.4 Å². The average molecular weight is 400 g/mol. The van der Waals surface area contributed by atoms with Crippen LogP contribution in [0.1, 0.15) is 40.0 Å². The van der Waals surface area contributed by atoms with E-state index in [2.05, 4.69) is 4.98 Å². The second-order valence-corrected chi connectivity index (χ2v) is 7.01. The summed E-state index contributed by atoms with van der Waals surface area (Å²) in [6.45, 7) is 7.46. The molecule has 0 radical (unpaired) electrons. The highest BCUT2D eigenvalue weighted by atomic mass is 16.5. The first-order valence-electron chi connectivity index (χ1n) is 10.1. The van der Waals surface area contributed by atoms with Crippen molar-refractivity contribution in [1.82, 2.24) is 18.7 Å². The molecule has 1 aromatic carbocycles. The van der Waals surface area contributed by atoms with E-state index in [0.717, 1.165) is 18.4 Å². The third-order valence-electron chi connectivity index (χ3n) is 4.70. The number of aromatic nitrogens is 4. The minimum absolute atomic E-state index is 0.145. The highest BCUT2D eigenvalue weighted by Crippen LogP contribution is 2.25. The molecule has 29 heavy (non-hydrogen) atoms. The number of hydrogen-bond donors (Lipinski definition) is 1. The van der Waals surface area contributed by atoms with Crippen molar-refractivity contribution in [3.63, 3.8) is 0 Å². The number of aryl methyl sites for hydroxylation is 1. The van der Waals surface area contributed by atoms with Crippen LogP contribution in [0.15, 0.2) is 33.9 Å². The summed E-state index contributed by atoms with van der Waals surface area (Å²) in [4.78, 5) is 30.9. The molecular weight excluding hydrogens is 372 g/mol. The van der Waals surface area contributed by atoms with Crippen LogP contribution in [-0.4, -0.2) is 30.4 Å². The van der Waals surface area contributed by atoms with Gasteiger partial charge in [0.05, 0.1) is 0 Å². The fourth-order valence-electron chi connectivity index (χ4n) is 3.39. The normalized spacial score (nSPS) is 11.4. The first-order chi connectivity index (χ1) is 14.0. The van der Waals surface area contributed by atoms with Gasteiger partial charge < -0.3 is 9.84 Å². The predicted molar refractivity (Wildman–Crippen MR) is 112 cm³/mol. The van der Waals surface area contributed by atoms with Gasteiger partial charge in [-0.15, -0.1) is 0 Å². The van der Waals surface area contributed by atoms with Crippen molar-refractivity contribution in [2.75, 3.05) is 6.61 Å². The lowest BCUT2D eigenvalue weighted by Gasteiger charge is -2.12. The standard InChI is InChI=1S/C21H28N4O4/c1-4-11-23-19-17(20(27)24(12-5-2)21(23)28)25(14-29-13-6-3)18(22-19)15-7-9-16(26)10-8-15/h7-10,26H,4-6,11-14H2,1-3H3. The number of ether oxygens (including phenoxy) is 1. The number of nitrogens with zero attached hydrogens (tertiary/aromatic N) is 4. The first-order valence-corrected chi connectivity index (χ1v) is 10.1. The summed E-state index contributed by atoms with van der Waals surface area (Å²) >= 11 is 0. The lowest BCUT2D eigenvalue weighted by molar-refractivity contribution is 0.0809. The summed E-state index contributed by atoms with van der Waals surface area (Å²) in [6.07, 6.45) is 2.27. The monoisotopic (exact) mass is 400 g/mol. The number of phenols is 1. The Morgan fingerprint density at radius 2 is 1.59 bits per heavy atom. The van der Waals surface area contributed by atoms with E-state index in [9.17, 15) is 14.7 Å². The van der Waals surface area contributed by atoms with Crippen molar-refractivity contribution in [2.45, 2.75) is 59.9 Å². The first kappa shape index (κ1) is 20.9. The van der Waals surface area contributed by atoms with E-state index in [-0.39, 0.29) is 23.7 Å². The summed E-state index contributed by atoms with van der Waals surface area (Å²) in [7, 11) is 0. The zero-order valence-corrected chi connectivity index (χ0v) is 17.2. The van der Waals surface area contributed by atoms with Crippen LogP contribution in [0.5, 0.6) is 5.75 Å². The fourth-order valence-corrected chi connectivity index (χ4v) is 3.39. The molecule has 2 heterocycles. The van der Waals surface area contributed by atoms with E-state index in [4.69, 9.17) is 4.74 Å². The molecule has 0 saturated heterocycles. The Balaban J connectivity index is 2.35. The van der Waals surface area contributed by atoms with Crippen LogP contribution in [-0.2, 0) is 24.6 Å². The van der Waals surface area contributed by atoms with Crippen LogP contribution >= 0.6 is 0 Å². The van der Waals surface area contributed by atoms with Gasteiger partial charge in [-0.1, -0.05) is 20.8 Å². The molecular formula is C21H28N4O4. The van der Waals surface area contributed by atoms with Crippen molar-refractivity contribution in [1.29, 1.82) is 0 Å². The Bertz CT molecular complexity index is 1090. The van der Waals surface area contributed by atoms with Crippen LogP contribution in [0.2, 0.25) is 0 Å². The highest BCUT2D eigenvalue weighted by molar-refractivity contribution is 5.77. The topological polar surface area (TPSA) is 91.3 Å². The van der Waals surface area contributed by atoms with E-state index >= 15 is 0 Å². The smallest absolute Gasteiger partial charge is 0.332 e. The van der Waals surface area contributed by atoms with Gasteiger partial charge in [0.1, 0.15) is 18.3 Å².